The molecule has 0 aliphatic rings. The third-order valence-corrected chi connectivity index (χ3v) is 3.87. The molecule has 1 aromatic heterocycles. The quantitative estimate of drug-likeness (QED) is 0.638. The van der Waals surface area contributed by atoms with Crippen LogP contribution in [0, 0.1) is 6.92 Å². The predicted molar refractivity (Wildman–Crippen MR) is 98.8 cm³/mol. The fourth-order valence-electron chi connectivity index (χ4n) is 2.64. The largest absolute Gasteiger partial charge is 0.508 e. The summed E-state index contributed by atoms with van der Waals surface area (Å²) in [7, 11) is 0. The molecule has 0 fully saturated rings. The van der Waals surface area contributed by atoms with Gasteiger partial charge in [0.15, 0.2) is 0 Å². The van der Waals surface area contributed by atoms with E-state index in [0.29, 0.717) is 5.56 Å². The first-order chi connectivity index (χ1) is 12.1. The second kappa shape index (κ2) is 7.05. The Morgan fingerprint density at radius 2 is 1.80 bits per heavy atom. The first-order valence-electron chi connectivity index (χ1n) is 7.97. The van der Waals surface area contributed by atoms with Crippen LogP contribution in [-0.2, 0) is 0 Å². The molecule has 0 aliphatic carbocycles. The highest BCUT2D eigenvalue weighted by Crippen LogP contribution is 2.19. The minimum atomic E-state index is -0.236. The van der Waals surface area contributed by atoms with E-state index in [1.54, 1.807) is 30.3 Å². The van der Waals surface area contributed by atoms with Gasteiger partial charge in [-0.3, -0.25) is 20.6 Å². The van der Waals surface area contributed by atoms with Crippen molar-refractivity contribution in [1.29, 1.82) is 0 Å². The number of aromatic hydroxyl groups is 1. The zero-order valence-electron chi connectivity index (χ0n) is 14.1. The smallest absolute Gasteiger partial charge is 0.270 e. The van der Waals surface area contributed by atoms with Gasteiger partial charge in [-0.2, -0.15) is 0 Å². The summed E-state index contributed by atoms with van der Waals surface area (Å²) in [4.78, 5) is 17.1. The highest BCUT2D eigenvalue weighted by atomic mass is 16.3. The molecule has 0 saturated carbocycles. The van der Waals surface area contributed by atoms with Crippen LogP contribution in [-0.4, -0.2) is 16.0 Å². The van der Waals surface area contributed by atoms with Crippen LogP contribution in [0.1, 0.15) is 28.5 Å². The summed E-state index contributed by atoms with van der Waals surface area (Å²) in [5.41, 5.74) is 9.42. The summed E-state index contributed by atoms with van der Waals surface area (Å²) in [6.45, 7) is 3.73. The molecule has 0 unspecified atom stereocenters. The third-order valence-electron chi connectivity index (χ3n) is 3.87. The van der Waals surface area contributed by atoms with E-state index >= 15 is 0 Å². The van der Waals surface area contributed by atoms with Crippen LogP contribution in [0.5, 0.6) is 5.75 Å². The number of hydrogen-bond donors (Lipinski definition) is 3. The normalized spacial score (nSPS) is 11.4. The molecule has 0 bridgehead atoms. The number of para-hydroxylation sites is 1. The topological polar surface area (TPSA) is 74.2 Å². The van der Waals surface area contributed by atoms with Crippen LogP contribution >= 0.6 is 0 Å². The molecule has 0 atom stereocenters. The number of hydrogen-bond acceptors (Lipinski definition) is 4. The number of phenols is 1. The van der Waals surface area contributed by atoms with E-state index in [9.17, 15) is 9.90 Å². The van der Waals surface area contributed by atoms with Gasteiger partial charge in [0.1, 0.15) is 5.75 Å². The van der Waals surface area contributed by atoms with Crippen LogP contribution in [0.2, 0.25) is 0 Å². The summed E-state index contributed by atoms with van der Waals surface area (Å²) in [6, 6.07) is 16.1. The Kier molecular flexibility index (Phi) is 4.66. The number of rotatable bonds is 4. The van der Waals surface area contributed by atoms with Crippen molar-refractivity contribution in [2.45, 2.75) is 13.8 Å². The Bertz CT molecular complexity index is 947. The number of fused-ring (bicyclic) bond motifs is 1. The summed E-state index contributed by atoms with van der Waals surface area (Å²) in [6.07, 6.45) is 1.85. The Morgan fingerprint density at radius 1 is 1.08 bits per heavy atom. The van der Waals surface area contributed by atoms with Gasteiger partial charge in [-0.25, -0.2) is 0 Å². The fourth-order valence-corrected chi connectivity index (χ4v) is 2.64. The van der Waals surface area contributed by atoms with Gasteiger partial charge in [0, 0.05) is 11.1 Å². The molecule has 5 heteroatoms. The molecule has 1 amide bonds. The van der Waals surface area contributed by atoms with Crippen molar-refractivity contribution in [2.75, 3.05) is 0 Å². The summed E-state index contributed by atoms with van der Waals surface area (Å²) in [5, 5.41) is 10.2. The first kappa shape index (κ1) is 16.5. The second-order valence-electron chi connectivity index (χ2n) is 5.66. The van der Waals surface area contributed by atoms with Crippen molar-refractivity contribution >= 4 is 22.5 Å². The van der Waals surface area contributed by atoms with Crippen LogP contribution < -0.4 is 10.9 Å². The van der Waals surface area contributed by atoms with Crippen molar-refractivity contribution in [1.82, 2.24) is 15.8 Å². The molecule has 3 rings (SSSR count). The van der Waals surface area contributed by atoms with Gasteiger partial charge in [-0.1, -0.05) is 24.3 Å². The van der Waals surface area contributed by atoms with Gasteiger partial charge in [0.25, 0.3) is 5.91 Å². The number of aryl methyl sites for hydroxylation is 1. The van der Waals surface area contributed by atoms with E-state index < -0.39 is 0 Å². The molecule has 126 valence electrons. The molecular weight excluding hydrogens is 314 g/mol. The monoisotopic (exact) mass is 333 g/mol. The molecule has 0 aliphatic heterocycles. The maximum Gasteiger partial charge on any atom is 0.270 e. The van der Waals surface area contributed by atoms with Gasteiger partial charge in [-0.05, 0) is 55.8 Å². The Morgan fingerprint density at radius 3 is 2.52 bits per heavy atom. The van der Waals surface area contributed by atoms with Gasteiger partial charge < -0.3 is 5.11 Å². The number of nitrogens with one attached hydrogen (secondary N) is 2. The third kappa shape index (κ3) is 3.61. The molecule has 0 radical (unpaired) electrons. The minimum Gasteiger partial charge on any atom is -0.508 e. The van der Waals surface area contributed by atoms with E-state index in [-0.39, 0.29) is 11.7 Å². The lowest BCUT2D eigenvalue weighted by molar-refractivity contribution is 0.0944. The van der Waals surface area contributed by atoms with Gasteiger partial charge in [0.2, 0.25) is 0 Å². The van der Waals surface area contributed by atoms with Gasteiger partial charge in [0.05, 0.1) is 16.8 Å². The zero-order chi connectivity index (χ0) is 17.8. The van der Waals surface area contributed by atoms with Crippen molar-refractivity contribution in [3.05, 3.63) is 77.5 Å². The molecule has 0 spiro atoms. The number of aromatic nitrogens is 1. The summed E-state index contributed by atoms with van der Waals surface area (Å²) in [5.74, 6) is -0.0400. The number of carbonyl (C=O) groups is 1. The van der Waals surface area contributed by atoms with E-state index in [4.69, 9.17) is 0 Å². The maximum atomic E-state index is 12.6. The number of carbonyl (C=O) groups excluding carboxylic acids is 1. The number of nitrogens with zero attached hydrogens (tertiary/aromatic N) is 1. The Labute approximate surface area is 146 Å². The van der Waals surface area contributed by atoms with Gasteiger partial charge >= 0.3 is 0 Å². The van der Waals surface area contributed by atoms with E-state index in [1.165, 1.54) is 0 Å². The van der Waals surface area contributed by atoms with Crippen LogP contribution in [0.4, 0.5) is 0 Å². The molecule has 0 saturated heterocycles. The molecule has 1 heterocycles. The Hall–Kier alpha value is -3.34. The average molecular weight is 333 g/mol. The number of amides is 1. The molecular formula is C20H19N3O2. The lowest BCUT2D eigenvalue weighted by Gasteiger charge is -2.14. The lowest BCUT2D eigenvalue weighted by Crippen LogP contribution is -2.36. The first-order valence-corrected chi connectivity index (χ1v) is 7.97. The Balaban J connectivity index is 1.82. The highest BCUT2D eigenvalue weighted by Gasteiger charge is 2.12. The SMILES string of the molecule is C/C=C(/NNC(=O)c1cc(C)nc2ccccc12)c1ccc(O)cc1. The van der Waals surface area contributed by atoms with Crippen LogP contribution in [0.15, 0.2) is 60.7 Å². The lowest BCUT2D eigenvalue weighted by atomic mass is 10.1. The van der Waals surface area contributed by atoms with Crippen molar-refractivity contribution in [3.8, 4) is 5.75 Å². The molecule has 3 aromatic rings. The summed E-state index contributed by atoms with van der Waals surface area (Å²) < 4.78 is 0. The molecule has 25 heavy (non-hydrogen) atoms. The van der Waals surface area contributed by atoms with Crippen LogP contribution in [0.25, 0.3) is 16.6 Å². The maximum absolute atomic E-state index is 12.6. The zero-order valence-corrected chi connectivity index (χ0v) is 14.1. The van der Waals surface area contributed by atoms with Crippen molar-refractivity contribution in [2.24, 2.45) is 0 Å². The highest BCUT2D eigenvalue weighted by molar-refractivity contribution is 6.06. The fraction of sp³-hybridized carbons (Fsp3) is 0.100. The van der Waals surface area contributed by atoms with Gasteiger partial charge in [-0.15, -0.1) is 0 Å². The van der Waals surface area contributed by atoms with E-state index in [0.717, 1.165) is 27.9 Å². The number of benzene rings is 2. The van der Waals surface area contributed by atoms with E-state index in [2.05, 4.69) is 15.8 Å². The van der Waals surface area contributed by atoms with Crippen molar-refractivity contribution < 1.29 is 9.90 Å². The van der Waals surface area contributed by atoms with Crippen LogP contribution in [0.3, 0.4) is 0 Å². The van der Waals surface area contributed by atoms with E-state index in [1.807, 2.05) is 44.2 Å². The molecule has 3 N–H and O–H groups in total. The number of allylic oxidation sites excluding steroid dienone is 1. The minimum absolute atomic E-state index is 0.196. The predicted octanol–water partition coefficient (Wildman–Crippen LogP) is 3.54. The number of phenolic OH excluding ortho intramolecular Hbond substituents is 1. The second-order valence-corrected chi connectivity index (χ2v) is 5.66. The molecule has 5 nitrogen and oxygen atoms in total. The summed E-state index contributed by atoms with van der Waals surface area (Å²) >= 11 is 0. The average Bonchev–Trinajstić information content (AvgIpc) is 2.62. The number of pyridine rings is 1. The standard InChI is InChI=1S/C20H19N3O2/c1-3-18(14-8-10-15(24)11-9-14)22-23-20(25)17-12-13(2)21-19-7-5-4-6-16(17)19/h3-12,22,24H,1-2H3,(H,23,25)/b18-3+. The molecule has 2 aromatic carbocycles. The van der Waals surface area contributed by atoms with Crippen molar-refractivity contribution in [3.63, 3.8) is 0 Å². The number of hydrazine groups is 1.